The number of piperidine rings is 1. The first-order valence-electron chi connectivity index (χ1n) is 12.1. The number of benzene rings is 2. The van der Waals surface area contributed by atoms with Crippen LogP contribution in [0.15, 0.2) is 48.5 Å². The van der Waals surface area contributed by atoms with Crippen molar-refractivity contribution in [1.29, 1.82) is 0 Å². The lowest BCUT2D eigenvalue weighted by Gasteiger charge is -2.36. The van der Waals surface area contributed by atoms with Gasteiger partial charge in [-0.15, -0.1) is 0 Å². The highest BCUT2D eigenvalue weighted by Gasteiger charge is 2.34. The number of fused-ring (bicyclic) bond motifs is 1. The van der Waals surface area contributed by atoms with Crippen LogP contribution in [0.5, 0.6) is 17.2 Å². The van der Waals surface area contributed by atoms with Gasteiger partial charge in [0.2, 0.25) is 0 Å². The molecule has 0 radical (unpaired) electrons. The minimum atomic E-state index is -0.341. The normalized spacial score (nSPS) is 23.1. The first kappa shape index (κ1) is 22.8. The molecule has 2 aromatic carbocycles. The van der Waals surface area contributed by atoms with Gasteiger partial charge in [0.1, 0.15) is 43.5 Å². The molecule has 0 aromatic heterocycles. The van der Waals surface area contributed by atoms with Gasteiger partial charge in [-0.25, -0.2) is 9.18 Å². The number of hydrogen-bond acceptors (Lipinski definition) is 6. The van der Waals surface area contributed by atoms with Crippen LogP contribution in [0.3, 0.4) is 0 Å². The van der Waals surface area contributed by atoms with Crippen molar-refractivity contribution < 1.29 is 28.1 Å². The number of cyclic esters (lactones) is 1. The van der Waals surface area contributed by atoms with Gasteiger partial charge < -0.3 is 18.9 Å². The average Bonchev–Trinajstić information content (AvgIpc) is 3.21. The number of carbonyl (C=O) groups excluding carboxylic acids is 1. The molecule has 3 aliphatic rings. The molecular weight excluding hydrogens is 439 g/mol. The Morgan fingerprint density at radius 1 is 1.00 bits per heavy atom. The Hall–Kier alpha value is -3.00. The van der Waals surface area contributed by atoms with E-state index in [4.69, 9.17) is 18.9 Å². The Kier molecular flexibility index (Phi) is 7.04. The predicted molar refractivity (Wildman–Crippen MR) is 124 cm³/mol. The second-order valence-corrected chi connectivity index (χ2v) is 9.22. The van der Waals surface area contributed by atoms with E-state index in [2.05, 4.69) is 4.90 Å². The lowest BCUT2D eigenvalue weighted by molar-refractivity contribution is 0.0464. The van der Waals surface area contributed by atoms with Crippen LogP contribution in [0.25, 0.3) is 0 Å². The summed E-state index contributed by atoms with van der Waals surface area (Å²) in [7, 11) is 0. The summed E-state index contributed by atoms with van der Waals surface area (Å²) in [5, 5.41) is 0. The second-order valence-electron chi connectivity index (χ2n) is 9.22. The molecule has 182 valence electrons. The average molecular weight is 471 g/mol. The zero-order valence-corrected chi connectivity index (χ0v) is 19.2. The summed E-state index contributed by atoms with van der Waals surface area (Å²) in [5.41, 5.74) is 0. The summed E-state index contributed by atoms with van der Waals surface area (Å²) in [5.74, 6) is 2.33. The summed E-state index contributed by atoms with van der Waals surface area (Å²) in [6.45, 7) is 4.72. The molecule has 2 aromatic rings. The third-order valence-electron chi connectivity index (χ3n) is 6.83. The summed E-state index contributed by atoms with van der Waals surface area (Å²) in [6.07, 6.45) is 2.88. The molecule has 34 heavy (non-hydrogen) atoms. The summed E-state index contributed by atoms with van der Waals surface area (Å²) in [6, 6.07) is 13.7. The van der Waals surface area contributed by atoms with E-state index in [9.17, 15) is 9.18 Å². The number of para-hydroxylation sites is 2. The maximum absolute atomic E-state index is 13.4. The lowest BCUT2D eigenvalue weighted by atomic mass is 9.93. The Balaban J connectivity index is 1.04. The minimum absolute atomic E-state index is 0.0460. The van der Waals surface area contributed by atoms with Crippen LogP contribution < -0.4 is 14.2 Å². The number of halogens is 1. The van der Waals surface area contributed by atoms with E-state index in [1.807, 2.05) is 24.3 Å². The quantitative estimate of drug-likeness (QED) is 0.582. The van der Waals surface area contributed by atoms with E-state index < -0.39 is 0 Å². The highest BCUT2D eigenvalue weighted by atomic mass is 19.1. The number of carbonyl (C=O) groups is 1. The third-order valence-corrected chi connectivity index (χ3v) is 6.83. The second kappa shape index (κ2) is 10.5. The smallest absolute Gasteiger partial charge is 0.410 e. The molecule has 2 unspecified atom stereocenters. The minimum Gasteiger partial charge on any atom is -0.491 e. The van der Waals surface area contributed by atoms with Gasteiger partial charge >= 0.3 is 6.09 Å². The van der Waals surface area contributed by atoms with Gasteiger partial charge in [0.15, 0.2) is 11.5 Å². The Bertz CT molecular complexity index is 981. The van der Waals surface area contributed by atoms with Crippen LogP contribution in [-0.4, -0.2) is 74.0 Å². The maximum atomic E-state index is 13.4. The molecule has 0 spiro atoms. The number of nitrogens with zero attached hydrogens (tertiary/aromatic N) is 2. The van der Waals surface area contributed by atoms with Crippen molar-refractivity contribution in [2.75, 3.05) is 46.0 Å². The summed E-state index contributed by atoms with van der Waals surface area (Å²) < 4.78 is 36.3. The van der Waals surface area contributed by atoms with Crippen molar-refractivity contribution in [1.82, 2.24) is 9.80 Å². The van der Waals surface area contributed by atoms with Crippen LogP contribution in [0.2, 0.25) is 0 Å². The first-order chi connectivity index (χ1) is 16.6. The van der Waals surface area contributed by atoms with Crippen LogP contribution >= 0.6 is 0 Å². The van der Waals surface area contributed by atoms with Gasteiger partial charge in [-0.3, -0.25) is 9.80 Å². The molecule has 8 heteroatoms. The third kappa shape index (κ3) is 5.55. The topological polar surface area (TPSA) is 60.5 Å². The summed E-state index contributed by atoms with van der Waals surface area (Å²) in [4.78, 5) is 16.4. The van der Waals surface area contributed by atoms with E-state index >= 15 is 0 Å². The number of likely N-dealkylation sites (tertiary alicyclic amines) is 1. The zero-order valence-electron chi connectivity index (χ0n) is 19.2. The molecule has 2 atom stereocenters. The maximum Gasteiger partial charge on any atom is 0.410 e. The van der Waals surface area contributed by atoms with Gasteiger partial charge in [-0.1, -0.05) is 18.2 Å². The van der Waals surface area contributed by atoms with E-state index in [0.29, 0.717) is 38.0 Å². The number of rotatable bonds is 8. The fourth-order valence-corrected chi connectivity index (χ4v) is 4.87. The molecule has 3 aliphatic heterocycles. The van der Waals surface area contributed by atoms with Crippen LogP contribution in [0, 0.1) is 11.7 Å². The van der Waals surface area contributed by atoms with E-state index in [1.54, 1.807) is 17.0 Å². The Morgan fingerprint density at radius 2 is 1.82 bits per heavy atom. The van der Waals surface area contributed by atoms with Gasteiger partial charge in [0, 0.05) is 19.2 Å². The van der Waals surface area contributed by atoms with Crippen molar-refractivity contribution in [3.8, 4) is 17.2 Å². The first-order valence-corrected chi connectivity index (χ1v) is 12.1. The lowest BCUT2D eigenvalue weighted by Crippen LogP contribution is -2.44. The van der Waals surface area contributed by atoms with Gasteiger partial charge in [0.05, 0.1) is 0 Å². The zero-order chi connectivity index (χ0) is 23.3. The van der Waals surface area contributed by atoms with Crippen molar-refractivity contribution in [3.63, 3.8) is 0 Å². The molecule has 0 aliphatic carbocycles. The van der Waals surface area contributed by atoms with Crippen LogP contribution in [-0.2, 0) is 4.74 Å². The van der Waals surface area contributed by atoms with Crippen molar-refractivity contribution in [2.24, 2.45) is 5.92 Å². The number of hydrogen-bond donors (Lipinski definition) is 0. The van der Waals surface area contributed by atoms with Crippen molar-refractivity contribution in [3.05, 3.63) is 54.3 Å². The van der Waals surface area contributed by atoms with Gasteiger partial charge in [0.25, 0.3) is 0 Å². The Morgan fingerprint density at radius 3 is 2.65 bits per heavy atom. The van der Waals surface area contributed by atoms with E-state index in [1.165, 1.54) is 12.1 Å². The fourth-order valence-electron chi connectivity index (χ4n) is 4.87. The number of amides is 1. The van der Waals surface area contributed by atoms with Crippen LogP contribution in [0.1, 0.15) is 19.3 Å². The molecule has 5 rings (SSSR count). The standard InChI is InChI=1S/C26H31FN2O5/c27-20-4-3-5-22(14-20)31-16-21-17-33-26(30)29(21)13-10-19-8-11-28(12-9-19)15-23-18-32-24-6-1-2-7-25(24)34-23/h1-7,14,19,21,23H,8-13,15-18H2. The molecule has 2 saturated heterocycles. The van der Waals surface area contributed by atoms with Gasteiger partial charge in [-0.05, 0) is 62.5 Å². The molecule has 0 bridgehead atoms. The summed E-state index contributed by atoms with van der Waals surface area (Å²) >= 11 is 0. The van der Waals surface area contributed by atoms with Crippen LogP contribution in [0.4, 0.5) is 9.18 Å². The monoisotopic (exact) mass is 470 g/mol. The van der Waals surface area contributed by atoms with E-state index in [0.717, 1.165) is 50.4 Å². The molecule has 3 heterocycles. The molecule has 0 saturated carbocycles. The molecule has 7 nitrogen and oxygen atoms in total. The highest BCUT2D eigenvalue weighted by molar-refractivity contribution is 5.70. The number of ether oxygens (including phenoxy) is 4. The largest absolute Gasteiger partial charge is 0.491 e. The van der Waals surface area contributed by atoms with E-state index in [-0.39, 0.29) is 24.1 Å². The SMILES string of the molecule is O=C1OCC(COc2cccc(F)c2)N1CCC1CCN(CC2COc3ccccc3O2)CC1. The molecule has 1 amide bonds. The predicted octanol–water partition coefficient (Wildman–Crippen LogP) is 3.97. The molecule has 0 N–H and O–H groups in total. The fraction of sp³-hybridized carbons (Fsp3) is 0.500. The Labute approximate surface area is 199 Å². The molecular formula is C26H31FN2O5. The molecule has 2 fully saturated rings. The van der Waals surface area contributed by atoms with Gasteiger partial charge in [-0.2, -0.15) is 0 Å². The van der Waals surface area contributed by atoms with Crippen molar-refractivity contribution >= 4 is 6.09 Å². The van der Waals surface area contributed by atoms with Crippen molar-refractivity contribution in [2.45, 2.75) is 31.4 Å². The highest BCUT2D eigenvalue weighted by Crippen LogP contribution is 2.31.